The first-order valence-electron chi connectivity index (χ1n) is 5.54. The molecule has 0 spiro atoms. The van der Waals surface area contributed by atoms with E-state index in [0.29, 0.717) is 17.0 Å². The van der Waals surface area contributed by atoms with Crippen molar-refractivity contribution in [1.82, 2.24) is 0 Å². The van der Waals surface area contributed by atoms with Gasteiger partial charge in [0.1, 0.15) is 0 Å². The Morgan fingerprint density at radius 1 is 1.26 bits per heavy atom. The smallest absolute Gasteiger partial charge is 0.255 e. The highest BCUT2D eigenvalue weighted by molar-refractivity contribution is 9.10. The number of para-hydroxylation sites is 1. The van der Waals surface area contributed by atoms with Crippen LogP contribution in [0.25, 0.3) is 0 Å². The Kier molecular flexibility index (Phi) is 4.06. The molecule has 0 saturated carbocycles. The number of phenols is 1. The number of nitrogens with one attached hydrogen (secondary N) is 1. The number of hydrogen-bond donors (Lipinski definition) is 2. The summed E-state index contributed by atoms with van der Waals surface area (Å²) < 4.78 is 5.72. The first-order valence-corrected chi connectivity index (χ1v) is 6.34. The lowest BCUT2D eigenvalue weighted by atomic mass is 10.2. The van der Waals surface area contributed by atoms with E-state index in [0.717, 1.165) is 4.47 Å². The molecule has 0 aromatic heterocycles. The lowest BCUT2D eigenvalue weighted by Gasteiger charge is -2.08. The van der Waals surface area contributed by atoms with E-state index in [4.69, 9.17) is 4.74 Å². The zero-order valence-electron chi connectivity index (χ0n) is 10.2. The summed E-state index contributed by atoms with van der Waals surface area (Å²) in [5.74, 6) is -0.0374. The number of methoxy groups -OCH3 is 1. The quantitative estimate of drug-likeness (QED) is 0.910. The number of halogens is 1. The first kappa shape index (κ1) is 13.4. The summed E-state index contributed by atoms with van der Waals surface area (Å²) in [5, 5.41) is 12.4. The minimum Gasteiger partial charge on any atom is -0.504 e. The van der Waals surface area contributed by atoms with Crippen molar-refractivity contribution in [3.63, 3.8) is 0 Å². The molecule has 2 N–H and O–H groups in total. The highest BCUT2D eigenvalue weighted by Gasteiger charge is 2.10. The molecule has 0 radical (unpaired) electrons. The van der Waals surface area contributed by atoms with Crippen molar-refractivity contribution in [2.75, 3.05) is 12.4 Å². The molecule has 0 aliphatic rings. The monoisotopic (exact) mass is 321 g/mol. The summed E-state index contributed by atoms with van der Waals surface area (Å²) in [4.78, 5) is 12.0. The van der Waals surface area contributed by atoms with Crippen LogP contribution in [0.4, 0.5) is 5.69 Å². The molecule has 19 heavy (non-hydrogen) atoms. The Morgan fingerprint density at radius 3 is 2.63 bits per heavy atom. The van der Waals surface area contributed by atoms with Gasteiger partial charge in [-0.05, 0) is 46.3 Å². The third kappa shape index (κ3) is 3.06. The second-order valence-corrected chi connectivity index (χ2v) is 4.67. The number of benzene rings is 2. The minimum absolute atomic E-state index is 0.0673. The standard InChI is InChI=1S/C14H12BrNO3/c1-19-13-7-6-9(8-12(13)17)14(18)16-11-5-3-2-4-10(11)15/h2-8,17H,1H3,(H,16,18). The lowest BCUT2D eigenvalue weighted by Crippen LogP contribution is -2.12. The van der Waals surface area contributed by atoms with Crippen LogP contribution >= 0.6 is 15.9 Å². The number of aromatic hydroxyl groups is 1. The van der Waals surface area contributed by atoms with E-state index in [1.165, 1.54) is 13.2 Å². The van der Waals surface area contributed by atoms with Crippen LogP contribution in [-0.2, 0) is 0 Å². The van der Waals surface area contributed by atoms with Crippen LogP contribution < -0.4 is 10.1 Å². The van der Waals surface area contributed by atoms with Crippen molar-refractivity contribution in [2.24, 2.45) is 0 Å². The summed E-state index contributed by atoms with van der Waals surface area (Å²) in [7, 11) is 1.45. The third-order valence-corrected chi connectivity index (χ3v) is 3.25. The van der Waals surface area contributed by atoms with E-state index in [-0.39, 0.29) is 11.7 Å². The fourth-order valence-corrected chi connectivity index (χ4v) is 1.97. The van der Waals surface area contributed by atoms with Gasteiger partial charge < -0.3 is 15.2 Å². The van der Waals surface area contributed by atoms with Gasteiger partial charge in [0, 0.05) is 10.0 Å². The fourth-order valence-electron chi connectivity index (χ4n) is 1.59. The molecule has 2 rings (SSSR count). The van der Waals surface area contributed by atoms with Crippen molar-refractivity contribution in [1.29, 1.82) is 0 Å². The molecule has 0 aliphatic heterocycles. The normalized spacial score (nSPS) is 10.0. The summed E-state index contributed by atoms with van der Waals surface area (Å²) in [5.41, 5.74) is 1.02. The van der Waals surface area contributed by atoms with Gasteiger partial charge in [0.05, 0.1) is 12.8 Å². The number of hydrogen-bond acceptors (Lipinski definition) is 3. The van der Waals surface area contributed by atoms with Crippen LogP contribution in [-0.4, -0.2) is 18.1 Å². The second-order valence-electron chi connectivity index (χ2n) is 3.82. The second kappa shape index (κ2) is 5.75. The van der Waals surface area contributed by atoms with Crippen LogP contribution in [0.5, 0.6) is 11.5 Å². The Labute approximate surface area is 119 Å². The number of anilines is 1. The van der Waals surface area contributed by atoms with E-state index >= 15 is 0 Å². The van der Waals surface area contributed by atoms with Crippen molar-refractivity contribution < 1.29 is 14.6 Å². The topological polar surface area (TPSA) is 58.6 Å². The highest BCUT2D eigenvalue weighted by Crippen LogP contribution is 2.27. The zero-order valence-corrected chi connectivity index (χ0v) is 11.8. The van der Waals surface area contributed by atoms with Gasteiger partial charge in [0.25, 0.3) is 5.91 Å². The lowest BCUT2D eigenvalue weighted by molar-refractivity contribution is 0.102. The summed E-state index contributed by atoms with van der Waals surface area (Å²) in [6.45, 7) is 0. The molecular formula is C14H12BrNO3. The van der Waals surface area contributed by atoms with Gasteiger partial charge in [-0.1, -0.05) is 12.1 Å². The number of carbonyl (C=O) groups excluding carboxylic acids is 1. The van der Waals surface area contributed by atoms with Crippen LogP contribution in [0, 0.1) is 0 Å². The van der Waals surface area contributed by atoms with Gasteiger partial charge in [-0.15, -0.1) is 0 Å². The van der Waals surface area contributed by atoms with Crippen LogP contribution in [0.3, 0.4) is 0 Å². The van der Waals surface area contributed by atoms with Gasteiger partial charge in [-0.2, -0.15) is 0 Å². The molecule has 2 aromatic carbocycles. The molecule has 1 amide bonds. The minimum atomic E-state index is -0.301. The summed E-state index contributed by atoms with van der Waals surface area (Å²) in [6.07, 6.45) is 0. The number of rotatable bonds is 3. The van der Waals surface area contributed by atoms with Gasteiger partial charge >= 0.3 is 0 Å². The van der Waals surface area contributed by atoms with Crippen molar-refractivity contribution in [3.05, 3.63) is 52.5 Å². The molecular weight excluding hydrogens is 310 g/mol. The largest absolute Gasteiger partial charge is 0.504 e. The molecule has 0 bridgehead atoms. The van der Waals surface area contributed by atoms with E-state index in [9.17, 15) is 9.90 Å². The predicted octanol–water partition coefficient (Wildman–Crippen LogP) is 3.42. The fraction of sp³-hybridized carbons (Fsp3) is 0.0714. The van der Waals surface area contributed by atoms with E-state index < -0.39 is 0 Å². The van der Waals surface area contributed by atoms with E-state index in [1.807, 2.05) is 18.2 Å². The maximum absolute atomic E-state index is 12.0. The molecule has 0 fully saturated rings. The van der Waals surface area contributed by atoms with E-state index in [2.05, 4.69) is 21.2 Å². The molecule has 0 aliphatic carbocycles. The molecule has 0 unspecified atom stereocenters. The molecule has 0 atom stereocenters. The van der Waals surface area contributed by atoms with Gasteiger partial charge in [0.15, 0.2) is 11.5 Å². The summed E-state index contributed by atoms with van der Waals surface area (Å²) in [6, 6.07) is 11.8. The molecule has 0 saturated heterocycles. The Bertz CT molecular complexity index is 613. The number of ether oxygens (including phenoxy) is 1. The Balaban J connectivity index is 2.21. The Morgan fingerprint density at radius 2 is 2.00 bits per heavy atom. The van der Waals surface area contributed by atoms with Gasteiger partial charge in [-0.3, -0.25) is 4.79 Å². The first-order chi connectivity index (χ1) is 9.11. The average molecular weight is 322 g/mol. The highest BCUT2D eigenvalue weighted by atomic mass is 79.9. The molecule has 2 aromatic rings. The molecule has 98 valence electrons. The molecule has 0 heterocycles. The predicted molar refractivity (Wildman–Crippen MR) is 76.8 cm³/mol. The van der Waals surface area contributed by atoms with Crippen molar-refractivity contribution >= 4 is 27.5 Å². The maximum atomic E-state index is 12.0. The average Bonchev–Trinajstić information content (AvgIpc) is 2.41. The van der Waals surface area contributed by atoms with Gasteiger partial charge in [0.2, 0.25) is 0 Å². The molecule has 4 nitrogen and oxygen atoms in total. The zero-order chi connectivity index (χ0) is 13.8. The number of amides is 1. The van der Waals surface area contributed by atoms with Crippen LogP contribution in [0.15, 0.2) is 46.9 Å². The van der Waals surface area contributed by atoms with Crippen LogP contribution in [0.1, 0.15) is 10.4 Å². The summed E-state index contributed by atoms with van der Waals surface area (Å²) >= 11 is 3.35. The van der Waals surface area contributed by atoms with Crippen molar-refractivity contribution in [3.8, 4) is 11.5 Å². The van der Waals surface area contributed by atoms with E-state index in [1.54, 1.807) is 18.2 Å². The Hall–Kier alpha value is -2.01. The van der Waals surface area contributed by atoms with Gasteiger partial charge in [-0.25, -0.2) is 0 Å². The maximum Gasteiger partial charge on any atom is 0.255 e. The van der Waals surface area contributed by atoms with Crippen molar-refractivity contribution in [2.45, 2.75) is 0 Å². The molecule has 5 heteroatoms. The number of carbonyl (C=O) groups is 1. The number of phenolic OH excluding ortho intramolecular Hbond substituents is 1. The SMILES string of the molecule is COc1ccc(C(=O)Nc2ccccc2Br)cc1O. The van der Waals surface area contributed by atoms with Crippen LogP contribution in [0.2, 0.25) is 0 Å². The third-order valence-electron chi connectivity index (χ3n) is 2.56.